The number of carbonyl (C=O) groups excluding carboxylic acids is 2. The molecule has 0 bridgehead atoms. The minimum atomic E-state index is -0.366. The zero-order valence-electron chi connectivity index (χ0n) is 15.0. The van der Waals surface area contributed by atoms with Gasteiger partial charge in [-0.3, -0.25) is 9.59 Å². The summed E-state index contributed by atoms with van der Waals surface area (Å²) in [5.74, 6) is 0.0513. The van der Waals surface area contributed by atoms with Crippen molar-refractivity contribution in [1.29, 1.82) is 0 Å². The summed E-state index contributed by atoms with van der Waals surface area (Å²) >= 11 is 0. The zero-order chi connectivity index (χ0) is 18.9. The topological polar surface area (TPSA) is 58.6 Å². The quantitative estimate of drug-likeness (QED) is 0.789. The summed E-state index contributed by atoms with van der Waals surface area (Å²) in [6, 6.07) is 13.4. The number of ether oxygens (including phenoxy) is 1. The highest BCUT2D eigenvalue weighted by Gasteiger charge is 2.13. The Morgan fingerprint density at radius 1 is 1.15 bits per heavy atom. The average Bonchev–Trinajstić information content (AvgIpc) is 2.61. The number of benzene rings is 2. The highest BCUT2D eigenvalue weighted by Crippen LogP contribution is 2.19. The first kappa shape index (κ1) is 19.4. The van der Waals surface area contributed by atoms with Crippen molar-refractivity contribution in [3.05, 3.63) is 65.5 Å². The first-order valence-corrected chi connectivity index (χ1v) is 8.38. The predicted molar refractivity (Wildman–Crippen MR) is 97.2 cm³/mol. The summed E-state index contributed by atoms with van der Waals surface area (Å²) in [6.45, 7) is 2.59. The van der Waals surface area contributed by atoms with Crippen molar-refractivity contribution in [2.24, 2.45) is 0 Å². The molecular weight excluding hydrogens is 335 g/mol. The van der Waals surface area contributed by atoms with E-state index in [1.165, 1.54) is 19.1 Å². The molecule has 0 heterocycles. The largest absolute Gasteiger partial charge is 0.496 e. The lowest BCUT2D eigenvalue weighted by molar-refractivity contribution is -0.130. The highest BCUT2D eigenvalue weighted by molar-refractivity contribution is 5.78. The fourth-order valence-electron chi connectivity index (χ4n) is 2.61. The summed E-state index contributed by atoms with van der Waals surface area (Å²) in [7, 11) is 1.59. The number of halogens is 1. The van der Waals surface area contributed by atoms with Gasteiger partial charge >= 0.3 is 0 Å². The van der Waals surface area contributed by atoms with E-state index in [0.29, 0.717) is 30.9 Å². The van der Waals surface area contributed by atoms with Gasteiger partial charge in [0.05, 0.1) is 13.5 Å². The second-order valence-electron chi connectivity index (χ2n) is 5.91. The summed E-state index contributed by atoms with van der Waals surface area (Å²) in [5, 5.41) is 2.76. The van der Waals surface area contributed by atoms with Crippen LogP contribution in [0.5, 0.6) is 5.75 Å². The van der Waals surface area contributed by atoms with E-state index in [9.17, 15) is 14.0 Å². The van der Waals surface area contributed by atoms with Crippen molar-refractivity contribution in [3.63, 3.8) is 0 Å². The summed E-state index contributed by atoms with van der Waals surface area (Å²) in [6.07, 6.45) is 0.102. The lowest BCUT2D eigenvalue weighted by Gasteiger charge is -2.22. The van der Waals surface area contributed by atoms with Crippen LogP contribution in [0.3, 0.4) is 0 Å². The second kappa shape index (κ2) is 9.56. The van der Waals surface area contributed by atoms with E-state index in [1.807, 2.05) is 24.3 Å². The molecule has 6 heteroatoms. The molecule has 0 aromatic heterocycles. The molecule has 0 saturated carbocycles. The number of methoxy groups -OCH3 is 1. The Morgan fingerprint density at radius 3 is 2.62 bits per heavy atom. The van der Waals surface area contributed by atoms with Gasteiger partial charge in [-0.25, -0.2) is 4.39 Å². The first-order valence-electron chi connectivity index (χ1n) is 8.38. The lowest BCUT2D eigenvalue weighted by atomic mass is 10.1. The Labute approximate surface area is 152 Å². The molecule has 0 saturated heterocycles. The molecule has 0 aliphatic rings. The number of carbonyl (C=O) groups is 2. The lowest BCUT2D eigenvalue weighted by Crippen LogP contribution is -2.37. The smallest absolute Gasteiger partial charge is 0.224 e. The van der Waals surface area contributed by atoms with Crippen molar-refractivity contribution in [2.45, 2.75) is 19.9 Å². The molecule has 0 atom stereocenters. The molecule has 0 aliphatic heterocycles. The summed E-state index contributed by atoms with van der Waals surface area (Å²) in [5.41, 5.74) is 1.51. The van der Waals surface area contributed by atoms with E-state index >= 15 is 0 Å². The van der Waals surface area contributed by atoms with Crippen molar-refractivity contribution < 1.29 is 18.7 Å². The van der Waals surface area contributed by atoms with Gasteiger partial charge in [-0.1, -0.05) is 30.3 Å². The molecule has 0 fully saturated rings. The molecule has 0 aliphatic carbocycles. The molecule has 2 rings (SSSR count). The molecule has 26 heavy (non-hydrogen) atoms. The summed E-state index contributed by atoms with van der Waals surface area (Å²) < 4.78 is 18.5. The van der Waals surface area contributed by atoms with Gasteiger partial charge in [0.1, 0.15) is 11.6 Å². The maximum absolute atomic E-state index is 13.1. The molecule has 138 valence electrons. The Balaban J connectivity index is 1.86. The third kappa shape index (κ3) is 5.88. The van der Waals surface area contributed by atoms with Crippen LogP contribution < -0.4 is 10.1 Å². The SMILES string of the molecule is COc1ccccc1CN(CCNC(=O)Cc1cccc(F)c1)C(C)=O. The van der Waals surface area contributed by atoms with Crippen LogP contribution in [-0.4, -0.2) is 36.9 Å². The van der Waals surface area contributed by atoms with E-state index in [4.69, 9.17) is 4.74 Å². The molecule has 0 spiro atoms. The van der Waals surface area contributed by atoms with Crippen LogP contribution in [0.4, 0.5) is 4.39 Å². The number of hydrogen-bond donors (Lipinski definition) is 1. The number of para-hydroxylation sites is 1. The van der Waals surface area contributed by atoms with Gasteiger partial charge in [-0.05, 0) is 23.8 Å². The fraction of sp³-hybridized carbons (Fsp3) is 0.300. The van der Waals surface area contributed by atoms with Crippen LogP contribution >= 0.6 is 0 Å². The van der Waals surface area contributed by atoms with E-state index in [-0.39, 0.29) is 24.1 Å². The molecule has 1 N–H and O–H groups in total. The zero-order valence-corrected chi connectivity index (χ0v) is 15.0. The molecule has 5 nitrogen and oxygen atoms in total. The van der Waals surface area contributed by atoms with Crippen LogP contribution in [-0.2, 0) is 22.6 Å². The van der Waals surface area contributed by atoms with Crippen LogP contribution in [0.2, 0.25) is 0 Å². The first-order chi connectivity index (χ1) is 12.5. The number of nitrogens with zero attached hydrogens (tertiary/aromatic N) is 1. The van der Waals surface area contributed by atoms with Crippen LogP contribution in [0.25, 0.3) is 0 Å². The minimum absolute atomic E-state index is 0.0877. The molecule has 2 aromatic carbocycles. The van der Waals surface area contributed by atoms with Gasteiger partial charge in [-0.15, -0.1) is 0 Å². The molecular formula is C20H23FN2O3. The van der Waals surface area contributed by atoms with Gasteiger partial charge in [0.15, 0.2) is 0 Å². The van der Waals surface area contributed by atoms with Gasteiger partial charge in [0, 0.05) is 32.1 Å². The Morgan fingerprint density at radius 2 is 1.92 bits per heavy atom. The molecule has 2 aromatic rings. The van der Waals surface area contributed by atoms with Gasteiger partial charge < -0.3 is 15.0 Å². The monoisotopic (exact) mass is 358 g/mol. The van der Waals surface area contributed by atoms with Gasteiger partial charge in [0.25, 0.3) is 0 Å². The Bertz CT molecular complexity index is 764. The standard InChI is InChI=1S/C20H23FN2O3/c1-15(24)23(14-17-7-3-4-9-19(17)26-2)11-10-22-20(25)13-16-6-5-8-18(21)12-16/h3-9,12H,10-11,13-14H2,1-2H3,(H,22,25). The number of hydrogen-bond acceptors (Lipinski definition) is 3. The molecule has 0 unspecified atom stereocenters. The van der Waals surface area contributed by atoms with Gasteiger partial charge in [-0.2, -0.15) is 0 Å². The van der Waals surface area contributed by atoms with Crippen molar-refractivity contribution in [2.75, 3.05) is 20.2 Å². The number of nitrogens with one attached hydrogen (secondary N) is 1. The minimum Gasteiger partial charge on any atom is -0.496 e. The summed E-state index contributed by atoms with van der Waals surface area (Å²) in [4.78, 5) is 25.5. The van der Waals surface area contributed by atoms with Gasteiger partial charge in [0.2, 0.25) is 11.8 Å². The van der Waals surface area contributed by atoms with Crippen molar-refractivity contribution in [1.82, 2.24) is 10.2 Å². The fourth-order valence-corrected chi connectivity index (χ4v) is 2.61. The number of amides is 2. The molecule has 2 amide bonds. The van der Waals surface area contributed by atoms with E-state index in [0.717, 1.165) is 5.56 Å². The Kier molecular flexibility index (Phi) is 7.14. The highest BCUT2D eigenvalue weighted by atomic mass is 19.1. The Hall–Kier alpha value is -2.89. The van der Waals surface area contributed by atoms with Crippen molar-refractivity contribution >= 4 is 11.8 Å². The normalized spacial score (nSPS) is 10.3. The third-order valence-corrected chi connectivity index (χ3v) is 3.96. The average molecular weight is 358 g/mol. The maximum atomic E-state index is 13.1. The predicted octanol–water partition coefficient (Wildman–Crippen LogP) is 2.54. The van der Waals surface area contributed by atoms with E-state index in [2.05, 4.69) is 5.32 Å². The number of rotatable bonds is 8. The van der Waals surface area contributed by atoms with E-state index < -0.39 is 0 Å². The van der Waals surface area contributed by atoms with Crippen LogP contribution in [0, 0.1) is 5.82 Å². The second-order valence-corrected chi connectivity index (χ2v) is 5.91. The maximum Gasteiger partial charge on any atom is 0.224 e. The molecule has 0 radical (unpaired) electrons. The van der Waals surface area contributed by atoms with Crippen LogP contribution in [0.1, 0.15) is 18.1 Å². The third-order valence-electron chi connectivity index (χ3n) is 3.96. The van der Waals surface area contributed by atoms with Crippen LogP contribution in [0.15, 0.2) is 48.5 Å². The van der Waals surface area contributed by atoms with E-state index in [1.54, 1.807) is 24.1 Å². The van der Waals surface area contributed by atoms with Crippen molar-refractivity contribution in [3.8, 4) is 5.75 Å².